The Labute approximate surface area is 130 Å². The van der Waals surface area contributed by atoms with E-state index >= 15 is 0 Å². The zero-order valence-corrected chi connectivity index (χ0v) is 13.0. The van der Waals surface area contributed by atoms with Gasteiger partial charge in [0.05, 0.1) is 18.3 Å². The summed E-state index contributed by atoms with van der Waals surface area (Å²) in [5.41, 5.74) is 1.06. The minimum Gasteiger partial charge on any atom is -0.493 e. The summed E-state index contributed by atoms with van der Waals surface area (Å²) in [5, 5.41) is 22.0. The lowest BCUT2D eigenvalue weighted by atomic mass is 9.85. The van der Waals surface area contributed by atoms with Crippen LogP contribution in [0.2, 0.25) is 5.02 Å². The second-order valence-corrected chi connectivity index (χ2v) is 6.83. The topological polar surface area (TPSA) is 49.7 Å². The molecule has 116 valence electrons. The van der Waals surface area contributed by atoms with E-state index in [0.29, 0.717) is 30.9 Å². The molecule has 2 N–H and O–H groups in total. The molecule has 1 aromatic carbocycles. The van der Waals surface area contributed by atoms with Crippen LogP contribution in [0.1, 0.15) is 49.7 Å². The summed E-state index contributed by atoms with van der Waals surface area (Å²) in [6.07, 6.45) is 6.12. The second-order valence-electron chi connectivity index (χ2n) is 6.39. The zero-order valence-electron chi connectivity index (χ0n) is 12.3. The van der Waals surface area contributed by atoms with Gasteiger partial charge in [0.15, 0.2) is 0 Å². The maximum absolute atomic E-state index is 10.8. The van der Waals surface area contributed by atoms with Crippen LogP contribution in [0.3, 0.4) is 0 Å². The third kappa shape index (κ3) is 3.20. The molecular formula is C17H23ClO3. The maximum atomic E-state index is 10.8. The number of fused-ring (bicyclic) bond motifs is 1. The van der Waals surface area contributed by atoms with Gasteiger partial charge in [-0.3, -0.25) is 0 Å². The van der Waals surface area contributed by atoms with Crippen molar-refractivity contribution in [2.45, 2.75) is 63.1 Å². The van der Waals surface area contributed by atoms with Crippen LogP contribution in [0, 0.1) is 0 Å². The number of hydrogen-bond donors (Lipinski definition) is 2. The van der Waals surface area contributed by atoms with E-state index in [0.717, 1.165) is 49.0 Å². The van der Waals surface area contributed by atoms with Gasteiger partial charge in [-0.15, -0.1) is 0 Å². The molecule has 3 nitrogen and oxygen atoms in total. The van der Waals surface area contributed by atoms with E-state index in [2.05, 4.69) is 0 Å². The second kappa shape index (κ2) is 6.15. The molecule has 0 amide bonds. The molecule has 0 spiro atoms. The third-order valence-electron chi connectivity index (χ3n) is 4.83. The monoisotopic (exact) mass is 310 g/mol. The molecule has 1 aliphatic carbocycles. The number of benzene rings is 1. The van der Waals surface area contributed by atoms with Crippen molar-refractivity contribution in [3.63, 3.8) is 0 Å². The van der Waals surface area contributed by atoms with Gasteiger partial charge >= 0.3 is 0 Å². The number of halogens is 1. The Kier molecular flexibility index (Phi) is 4.43. The van der Waals surface area contributed by atoms with Crippen molar-refractivity contribution in [1.82, 2.24) is 0 Å². The largest absolute Gasteiger partial charge is 0.493 e. The quantitative estimate of drug-likeness (QED) is 0.843. The summed E-state index contributed by atoms with van der Waals surface area (Å²) in [5.74, 6) is 0.857. The first kappa shape index (κ1) is 15.1. The standard InChI is InChI=1S/C17H23ClO3/c18-14-9-12-5-8-21-16(12)13(10-14)11-15(19)17(20)6-3-1-2-4-7-17/h9-10,15,19-20H,1-8,11H2. The van der Waals surface area contributed by atoms with Crippen LogP contribution in [0.15, 0.2) is 12.1 Å². The van der Waals surface area contributed by atoms with Crippen LogP contribution in [0.4, 0.5) is 0 Å². The summed E-state index contributed by atoms with van der Waals surface area (Å²) in [7, 11) is 0. The molecule has 1 heterocycles. The summed E-state index contributed by atoms with van der Waals surface area (Å²) < 4.78 is 5.68. The Balaban J connectivity index is 1.80. The molecule has 0 bridgehead atoms. The Bertz CT molecular complexity index is 507. The molecule has 4 heteroatoms. The molecule has 21 heavy (non-hydrogen) atoms. The molecular weight excluding hydrogens is 288 g/mol. The Hall–Kier alpha value is -0.770. The smallest absolute Gasteiger partial charge is 0.126 e. The van der Waals surface area contributed by atoms with Crippen LogP contribution in [-0.4, -0.2) is 28.5 Å². The van der Waals surface area contributed by atoms with Crippen molar-refractivity contribution in [2.75, 3.05) is 6.61 Å². The molecule has 1 fully saturated rings. The minimum absolute atomic E-state index is 0.402. The average molecular weight is 311 g/mol. The van der Waals surface area contributed by atoms with Gasteiger partial charge in [-0.05, 0) is 36.1 Å². The molecule has 0 saturated heterocycles. The number of rotatable bonds is 3. The van der Waals surface area contributed by atoms with Crippen LogP contribution >= 0.6 is 11.6 Å². The van der Waals surface area contributed by atoms with E-state index in [1.165, 1.54) is 0 Å². The molecule has 1 atom stereocenters. The van der Waals surface area contributed by atoms with E-state index < -0.39 is 11.7 Å². The van der Waals surface area contributed by atoms with Crippen LogP contribution < -0.4 is 4.74 Å². The molecule has 1 unspecified atom stereocenters. The Morgan fingerprint density at radius 3 is 2.62 bits per heavy atom. The van der Waals surface area contributed by atoms with Crippen LogP contribution in [-0.2, 0) is 12.8 Å². The van der Waals surface area contributed by atoms with Crippen LogP contribution in [0.25, 0.3) is 0 Å². The highest BCUT2D eigenvalue weighted by atomic mass is 35.5. The van der Waals surface area contributed by atoms with Gasteiger partial charge in [0.2, 0.25) is 0 Å². The van der Waals surface area contributed by atoms with Gasteiger partial charge in [-0.25, -0.2) is 0 Å². The van der Waals surface area contributed by atoms with Gasteiger partial charge in [0.1, 0.15) is 5.75 Å². The fourth-order valence-electron chi connectivity index (χ4n) is 3.57. The number of ether oxygens (including phenoxy) is 1. The lowest BCUT2D eigenvalue weighted by molar-refractivity contribution is -0.0837. The van der Waals surface area contributed by atoms with Gasteiger partial charge in [-0.2, -0.15) is 0 Å². The van der Waals surface area contributed by atoms with Crippen molar-refractivity contribution in [2.24, 2.45) is 0 Å². The van der Waals surface area contributed by atoms with E-state index in [4.69, 9.17) is 16.3 Å². The molecule has 0 aromatic heterocycles. The van der Waals surface area contributed by atoms with Gasteiger partial charge < -0.3 is 14.9 Å². The van der Waals surface area contributed by atoms with Crippen molar-refractivity contribution in [3.05, 3.63) is 28.3 Å². The van der Waals surface area contributed by atoms with Gasteiger partial charge in [-0.1, -0.05) is 37.3 Å². The van der Waals surface area contributed by atoms with Gasteiger partial charge in [0.25, 0.3) is 0 Å². The molecule has 2 aliphatic rings. The van der Waals surface area contributed by atoms with Crippen molar-refractivity contribution >= 4 is 11.6 Å². The van der Waals surface area contributed by atoms with E-state index in [1.54, 1.807) is 0 Å². The molecule has 3 rings (SSSR count). The lowest BCUT2D eigenvalue weighted by Crippen LogP contribution is -2.43. The highest BCUT2D eigenvalue weighted by molar-refractivity contribution is 6.30. The zero-order chi connectivity index (χ0) is 14.9. The first-order chi connectivity index (χ1) is 10.1. The number of hydrogen-bond acceptors (Lipinski definition) is 3. The van der Waals surface area contributed by atoms with Gasteiger partial charge in [0, 0.05) is 17.9 Å². The van der Waals surface area contributed by atoms with Crippen molar-refractivity contribution < 1.29 is 14.9 Å². The fraction of sp³-hybridized carbons (Fsp3) is 0.647. The highest BCUT2D eigenvalue weighted by Gasteiger charge is 2.36. The average Bonchev–Trinajstić information content (AvgIpc) is 2.79. The van der Waals surface area contributed by atoms with Crippen molar-refractivity contribution in [3.8, 4) is 5.75 Å². The molecule has 1 aliphatic heterocycles. The number of aliphatic hydroxyl groups excluding tert-OH is 1. The van der Waals surface area contributed by atoms with E-state index in [1.807, 2.05) is 12.1 Å². The predicted molar refractivity (Wildman–Crippen MR) is 83.0 cm³/mol. The molecule has 1 saturated carbocycles. The van der Waals surface area contributed by atoms with Crippen molar-refractivity contribution in [1.29, 1.82) is 0 Å². The first-order valence-electron chi connectivity index (χ1n) is 7.93. The number of aliphatic hydroxyl groups is 2. The normalized spacial score (nSPS) is 22.2. The maximum Gasteiger partial charge on any atom is 0.126 e. The first-order valence-corrected chi connectivity index (χ1v) is 8.31. The molecule has 1 aromatic rings. The lowest BCUT2D eigenvalue weighted by Gasteiger charge is -2.32. The molecule has 0 radical (unpaired) electrons. The Morgan fingerprint density at radius 2 is 1.90 bits per heavy atom. The summed E-state index contributed by atoms with van der Waals surface area (Å²) in [6.45, 7) is 0.670. The third-order valence-corrected chi connectivity index (χ3v) is 5.05. The van der Waals surface area contributed by atoms with E-state index in [-0.39, 0.29) is 0 Å². The summed E-state index contributed by atoms with van der Waals surface area (Å²) in [6, 6.07) is 3.79. The predicted octanol–water partition coefficient (Wildman–Crippen LogP) is 3.26. The van der Waals surface area contributed by atoms with Crippen LogP contribution in [0.5, 0.6) is 5.75 Å². The minimum atomic E-state index is -0.968. The Morgan fingerprint density at radius 1 is 1.19 bits per heavy atom. The summed E-state index contributed by atoms with van der Waals surface area (Å²) in [4.78, 5) is 0. The summed E-state index contributed by atoms with van der Waals surface area (Å²) >= 11 is 6.16. The highest BCUT2D eigenvalue weighted by Crippen LogP contribution is 2.36. The van der Waals surface area contributed by atoms with E-state index in [9.17, 15) is 10.2 Å². The SMILES string of the molecule is OC(Cc1cc(Cl)cc2c1OCC2)C1(O)CCCCCC1. The fourth-order valence-corrected chi connectivity index (χ4v) is 3.83.